The highest BCUT2D eigenvalue weighted by atomic mass is 35.5. The van der Waals surface area contributed by atoms with Gasteiger partial charge in [-0.2, -0.15) is 0 Å². The molecule has 0 unspecified atom stereocenters. The highest BCUT2D eigenvalue weighted by molar-refractivity contribution is 6.35. The number of benzene rings is 1. The number of fused-ring (bicyclic) bond motifs is 1. The smallest absolute Gasteiger partial charge is 0.254 e. The van der Waals surface area contributed by atoms with Gasteiger partial charge in [-0.05, 0) is 50.7 Å². The Morgan fingerprint density at radius 3 is 2.81 bits per heavy atom. The molecule has 1 aromatic carbocycles. The van der Waals surface area contributed by atoms with Crippen LogP contribution in [0.5, 0.6) is 0 Å². The number of carbonyl (C=O) groups excluding carboxylic acids is 1. The van der Waals surface area contributed by atoms with E-state index in [1.54, 1.807) is 0 Å². The van der Waals surface area contributed by atoms with Crippen LogP contribution in [-0.4, -0.2) is 41.6 Å². The molecular weight excluding hydrogens is 348 g/mol. The fourth-order valence-electron chi connectivity index (χ4n) is 3.95. The molecule has 1 amide bonds. The number of para-hydroxylation sites is 1. The molecule has 1 aliphatic heterocycles. The third-order valence-electron chi connectivity index (χ3n) is 5.59. The number of carbonyl (C=O) groups is 1. The number of hydrogen-bond acceptors (Lipinski definition) is 3. The van der Waals surface area contributed by atoms with Gasteiger partial charge in [-0.25, -0.2) is 0 Å². The lowest BCUT2D eigenvalue weighted by Crippen LogP contribution is -2.42. The summed E-state index contributed by atoms with van der Waals surface area (Å²) >= 11 is 6.33. The maximum atomic E-state index is 13.5. The van der Waals surface area contributed by atoms with Crippen LogP contribution in [0.4, 0.5) is 0 Å². The van der Waals surface area contributed by atoms with Crippen LogP contribution in [0.15, 0.2) is 24.3 Å². The standard InChI is InChI=1S/C21H25ClN2O2/c1-14-11-18(17-8-3-9-19(22)20(17)23-14)21(25)24(12-15-5-2-6-15)13-16-7-4-10-26-16/h3,8-9,11,15-16H,2,4-7,10,12-13H2,1H3/t16-/m0/s1. The average Bonchev–Trinajstić information content (AvgIpc) is 3.09. The number of aromatic nitrogens is 1. The fraction of sp³-hybridized carbons (Fsp3) is 0.524. The summed E-state index contributed by atoms with van der Waals surface area (Å²) in [5.74, 6) is 0.698. The molecule has 1 saturated heterocycles. The molecule has 2 heterocycles. The Morgan fingerprint density at radius 2 is 2.12 bits per heavy atom. The summed E-state index contributed by atoms with van der Waals surface area (Å²) in [6, 6.07) is 7.54. The summed E-state index contributed by atoms with van der Waals surface area (Å²) in [6.07, 6.45) is 6.00. The normalized spacial score (nSPS) is 20.3. The topological polar surface area (TPSA) is 42.4 Å². The van der Waals surface area contributed by atoms with Crippen molar-refractivity contribution < 1.29 is 9.53 Å². The van der Waals surface area contributed by atoms with Crippen LogP contribution in [0, 0.1) is 12.8 Å². The molecule has 26 heavy (non-hydrogen) atoms. The molecule has 4 nitrogen and oxygen atoms in total. The second-order valence-electron chi connectivity index (χ2n) is 7.59. The molecule has 2 aromatic rings. The lowest BCUT2D eigenvalue weighted by Gasteiger charge is -2.34. The third-order valence-corrected chi connectivity index (χ3v) is 5.89. The molecule has 4 rings (SSSR count). The summed E-state index contributed by atoms with van der Waals surface area (Å²) < 4.78 is 5.81. The first-order chi connectivity index (χ1) is 12.6. The Kier molecular flexibility index (Phi) is 5.14. The zero-order chi connectivity index (χ0) is 18.1. The van der Waals surface area contributed by atoms with Crippen LogP contribution < -0.4 is 0 Å². The van der Waals surface area contributed by atoms with Crippen molar-refractivity contribution in [2.45, 2.75) is 45.1 Å². The lowest BCUT2D eigenvalue weighted by atomic mass is 9.85. The molecule has 1 aromatic heterocycles. The predicted octanol–water partition coefficient (Wildman–Crippen LogP) is 4.62. The van der Waals surface area contributed by atoms with Crippen molar-refractivity contribution in [3.63, 3.8) is 0 Å². The molecule has 2 aliphatic rings. The molecule has 0 spiro atoms. The SMILES string of the molecule is Cc1cc(C(=O)N(CC2CCC2)C[C@@H]2CCCO2)c2cccc(Cl)c2n1. The molecular formula is C21H25ClN2O2. The van der Waals surface area contributed by atoms with Gasteiger partial charge in [0.05, 0.1) is 22.2 Å². The van der Waals surface area contributed by atoms with Gasteiger partial charge in [0.25, 0.3) is 5.91 Å². The van der Waals surface area contributed by atoms with Gasteiger partial charge in [-0.15, -0.1) is 0 Å². The van der Waals surface area contributed by atoms with E-state index in [4.69, 9.17) is 16.3 Å². The Hall–Kier alpha value is -1.65. The average molecular weight is 373 g/mol. The number of aryl methyl sites for hydroxylation is 1. The monoisotopic (exact) mass is 372 g/mol. The number of nitrogens with zero attached hydrogens (tertiary/aromatic N) is 2. The second-order valence-corrected chi connectivity index (χ2v) is 8.00. The van der Waals surface area contributed by atoms with E-state index in [-0.39, 0.29) is 12.0 Å². The number of hydrogen-bond donors (Lipinski definition) is 0. The quantitative estimate of drug-likeness (QED) is 0.769. The van der Waals surface area contributed by atoms with E-state index < -0.39 is 0 Å². The molecule has 1 saturated carbocycles. The van der Waals surface area contributed by atoms with Gasteiger partial charge in [0.2, 0.25) is 0 Å². The van der Waals surface area contributed by atoms with Crippen LogP contribution in [0.2, 0.25) is 5.02 Å². The largest absolute Gasteiger partial charge is 0.376 e. The van der Waals surface area contributed by atoms with E-state index in [1.807, 2.05) is 36.1 Å². The Labute approximate surface area is 159 Å². The molecule has 5 heteroatoms. The zero-order valence-corrected chi connectivity index (χ0v) is 16.0. The first-order valence-corrected chi connectivity index (χ1v) is 9.96. The Balaban J connectivity index is 1.67. The van der Waals surface area contributed by atoms with Crippen molar-refractivity contribution in [3.8, 4) is 0 Å². The van der Waals surface area contributed by atoms with Gasteiger partial charge < -0.3 is 9.64 Å². The minimum absolute atomic E-state index is 0.0742. The summed E-state index contributed by atoms with van der Waals surface area (Å²) in [4.78, 5) is 20.0. The van der Waals surface area contributed by atoms with Crippen LogP contribution in [-0.2, 0) is 4.74 Å². The summed E-state index contributed by atoms with van der Waals surface area (Å²) in [5, 5.41) is 1.42. The van der Waals surface area contributed by atoms with Gasteiger partial charge in [-0.1, -0.05) is 30.2 Å². The van der Waals surface area contributed by atoms with Gasteiger partial charge in [0.15, 0.2) is 0 Å². The zero-order valence-electron chi connectivity index (χ0n) is 15.2. The van der Waals surface area contributed by atoms with Gasteiger partial charge in [0.1, 0.15) is 0 Å². The molecule has 0 bridgehead atoms. The maximum absolute atomic E-state index is 13.5. The molecule has 0 N–H and O–H groups in total. The van der Waals surface area contributed by atoms with Gasteiger partial charge in [-0.3, -0.25) is 9.78 Å². The first kappa shape index (κ1) is 17.7. The molecule has 1 atom stereocenters. The summed E-state index contributed by atoms with van der Waals surface area (Å²) in [6.45, 7) is 4.22. The maximum Gasteiger partial charge on any atom is 0.254 e. The summed E-state index contributed by atoms with van der Waals surface area (Å²) in [5.41, 5.74) is 2.22. The van der Waals surface area contributed by atoms with Gasteiger partial charge >= 0.3 is 0 Å². The molecule has 1 aliphatic carbocycles. The lowest BCUT2D eigenvalue weighted by molar-refractivity contribution is 0.0449. The van der Waals surface area contributed by atoms with Crippen molar-refractivity contribution in [3.05, 3.63) is 40.5 Å². The predicted molar refractivity (Wildman–Crippen MR) is 104 cm³/mol. The number of halogens is 1. The highest BCUT2D eigenvalue weighted by Crippen LogP contribution is 2.30. The van der Waals surface area contributed by atoms with Crippen molar-refractivity contribution in [2.24, 2.45) is 5.92 Å². The Morgan fingerprint density at radius 1 is 1.27 bits per heavy atom. The molecule has 2 fully saturated rings. The second kappa shape index (κ2) is 7.53. The fourth-order valence-corrected chi connectivity index (χ4v) is 4.17. The van der Waals surface area contributed by atoms with E-state index in [9.17, 15) is 4.79 Å². The Bertz CT molecular complexity index is 813. The molecule has 0 radical (unpaired) electrons. The first-order valence-electron chi connectivity index (χ1n) is 9.58. The van der Waals surface area contributed by atoms with E-state index >= 15 is 0 Å². The van der Waals surface area contributed by atoms with E-state index in [0.29, 0.717) is 28.6 Å². The highest BCUT2D eigenvalue weighted by Gasteiger charge is 2.29. The van der Waals surface area contributed by atoms with E-state index in [1.165, 1.54) is 19.3 Å². The van der Waals surface area contributed by atoms with E-state index in [0.717, 1.165) is 37.1 Å². The van der Waals surface area contributed by atoms with Crippen molar-refractivity contribution >= 4 is 28.4 Å². The van der Waals surface area contributed by atoms with Crippen molar-refractivity contribution in [1.29, 1.82) is 0 Å². The van der Waals surface area contributed by atoms with Crippen molar-refractivity contribution in [1.82, 2.24) is 9.88 Å². The number of ether oxygens (including phenoxy) is 1. The van der Waals surface area contributed by atoms with Crippen LogP contribution in [0.3, 0.4) is 0 Å². The molecule has 138 valence electrons. The van der Waals surface area contributed by atoms with Crippen molar-refractivity contribution in [2.75, 3.05) is 19.7 Å². The number of amides is 1. The van der Waals surface area contributed by atoms with Crippen LogP contribution in [0.1, 0.15) is 48.2 Å². The van der Waals surface area contributed by atoms with Gasteiger partial charge in [0, 0.05) is 30.8 Å². The minimum atomic E-state index is 0.0742. The van der Waals surface area contributed by atoms with Crippen LogP contribution in [0.25, 0.3) is 10.9 Å². The van der Waals surface area contributed by atoms with E-state index in [2.05, 4.69) is 4.98 Å². The van der Waals surface area contributed by atoms with Crippen LogP contribution >= 0.6 is 11.6 Å². The number of rotatable bonds is 5. The minimum Gasteiger partial charge on any atom is -0.376 e. The summed E-state index contributed by atoms with van der Waals surface area (Å²) in [7, 11) is 0. The number of pyridine rings is 1. The third kappa shape index (κ3) is 3.58.